The van der Waals surface area contributed by atoms with Crippen LogP contribution in [0.2, 0.25) is 0 Å². The Morgan fingerprint density at radius 3 is 2.88 bits per heavy atom. The number of hydrogen-bond donors (Lipinski definition) is 2. The molecule has 3 heterocycles. The number of rotatable bonds is 9. The van der Waals surface area contributed by atoms with Gasteiger partial charge in [-0.2, -0.15) is 0 Å². The van der Waals surface area contributed by atoms with Crippen molar-refractivity contribution in [3.05, 3.63) is 72.4 Å². The number of hydrogen-bond acceptors (Lipinski definition) is 5. The summed E-state index contributed by atoms with van der Waals surface area (Å²) in [4.78, 5) is 6.09. The summed E-state index contributed by atoms with van der Waals surface area (Å²) in [6, 6.07) is 15.5. The van der Waals surface area contributed by atoms with Gasteiger partial charge in [0.05, 0.1) is 7.11 Å². The van der Waals surface area contributed by atoms with Gasteiger partial charge in [-0.1, -0.05) is 12.1 Å². The molecule has 7 nitrogen and oxygen atoms in total. The van der Waals surface area contributed by atoms with Gasteiger partial charge < -0.3 is 15.0 Å². The van der Waals surface area contributed by atoms with Crippen LogP contribution in [0, 0.1) is 0 Å². The Labute approximate surface area is 194 Å². The highest BCUT2D eigenvalue weighted by atomic mass is 16.5. The number of H-pyrrole nitrogens is 1. The van der Waals surface area contributed by atoms with E-state index in [1.807, 2.05) is 10.6 Å². The number of fused-ring (bicyclic) bond motifs is 1. The molecular weight excluding hydrogens is 412 g/mol. The summed E-state index contributed by atoms with van der Waals surface area (Å²) in [6.07, 6.45) is 10.1. The maximum Gasteiger partial charge on any atom is 0.123 e. The highest BCUT2D eigenvalue weighted by Crippen LogP contribution is 2.24. The van der Waals surface area contributed by atoms with Gasteiger partial charge in [0.15, 0.2) is 0 Å². The molecule has 0 bridgehead atoms. The first-order valence-corrected chi connectivity index (χ1v) is 11.8. The molecule has 1 aliphatic rings. The van der Waals surface area contributed by atoms with Gasteiger partial charge in [-0.3, -0.25) is 9.47 Å². The summed E-state index contributed by atoms with van der Waals surface area (Å²) in [5, 5.41) is 12.7. The highest BCUT2D eigenvalue weighted by Gasteiger charge is 2.21. The molecule has 4 aromatic rings. The first kappa shape index (κ1) is 21.7. The maximum absolute atomic E-state index is 5.38. The first-order valence-electron chi connectivity index (χ1n) is 11.8. The number of benzene rings is 2. The summed E-state index contributed by atoms with van der Waals surface area (Å²) in [5.74, 6) is 0.940. The number of aromatic amines is 1. The highest BCUT2D eigenvalue weighted by molar-refractivity contribution is 5.85. The van der Waals surface area contributed by atoms with Crippen molar-refractivity contribution in [1.29, 1.82) is 0 Å². The molecule has 0 radical (unpaired) electrons. The second-order valence-electron chi connectivity index (χ2n) is 8.80. The van der Waals surface area contributed by atoms with Gasteiger partial charge in [-0.15, -0.1) is 10.2 Å². The van der Waals surface area contributed by atoms with Gasteiger partial charge >= 0.3 is 0 Å². The van der Waals surface area contributed by atoms with Gasteiger partial charge in [0.25, 0.3) is 0 Å². The van der Waals surface area contributed by atoms with Crippen molar-refractivity contribution in [1.82, 2.24) is 30.0 Å². The molecule has 5 rings (SSSR count). The molecule has 2 N–H and O–H groups in total. The van der Waals surface area contributed by atoms with Crippen LogP contribution in [-0.4, -0.2) is 64.0 Å². The van der Waals surface area contributed by atoms with Crippen molar-refractivity contribution in [2.45, 2.75) is 31.7 Å². The van der Waals surface area contributed by atoms with Gasteiger partial charge in [-0.25, -0.2) is 0 Å². The van der Waals surface area contributed by atoms with Gasteiger partial charge in [0, 0.05) is 55.0 Å². The van der Waals surface area contributed by atoms with Crippen LogP contribution in [0.15, 0.2) is 61.3 Å². The fraction of sp³-hybridized carbons (Fsp3) is 0.385. The SMILES string of the molecule is COc1cccc(CCN2CCNCC2CCCc2c[nH]c3ccc(-n4cnnc4)cc23)c1. The van der Waals surface area contributed by atoms with Crippen LogP contribution in [0.25, 0.3) is 16.6 Å². The van der Waals surface area contributed by atoms with Crippen LogP contribution in [0.5, 0.6) is 5.75 Å². The van der Waals surface area contributed by atoms with Crippen molar-refractivity contribution in [3.8, 4) is 11.4 Å². The Balaban J connectivity index is 1.19. The topological polar surface area (TPSA) is 71.0 Å². The molecule has 2 aromatic heterocycles. The van der Waals surface area contributed by atoms with Crippen molar-refractivity contribution in [2.75, 3.05) is 33.3 Å². The summed E-state index contributed by atoms with van der Waals surface area (Å²) in [5.41, 5.74) is 5.00. The number of piperazine rings is 1. The van der Waals surface area contributed by atoms with Gasteiger partial charge in [-0.05, 0) is 67.1 Å². The van der Waals surface area contributed by atoms with Crippen molar-refractivity contribution < 1.29 is 4.74 Å². The second-order valence-corrected chi connectivity index (χ2v) is 8.80. The minimum atomic E-state index is 0.585. The van der Waals surface area contributed by atoms with Crippen LogP contribution in [-0.2, 0) is 12.8 Å². The molecule has 2 aromatic carbocycles. The number of aromatic nitrogens is 4. The molecule has 0 amide bonds. The van der Waals surface area contributed by atoms with E-state index in [1.165, 1.54) is 34.9 Å². The molecule has 1 fully saturated rings. The van der Waals surface area contributed by atoms with Crippen LogP contribution in [0.1, 0.15) is 24.0 Å². The van der Waals surface area contributed by atoms with Crippen LogP contribution < -0.4 is 10.1 Å². The molecule has 33 heavy (non-hydrogen) atoms. The Morgan fingerprint density at radius 1 is 1.09 bits per heavy atom. The summed E-state index contributed by atoms with van der Waals surface area (Å²) in [7, 11) is 1.73. The predicted molar refractivity (Wildman–Crippen MR) is 131 cm³/mol. The largest absolute Gasteiger partial charge is 0.497 e. The number of methoxy groups -OCH3 is 1. The van der Waals surface area contributed by atoms with Gasteiger partial charge in [0.1, 0.15) is 18.4 Å². The summed E-state index contributed by atoms with van der Waals surface area (Å²) >= 11 is 0. The van der Waals surface area contributed by atoms with E-state index < -0.39 is 0 Å². The second kappa shape index (κ2) is 10.2. The van der Waals surface area contributed by atoms with E-state index in [4.69, 9.17) is 4.74 Å². The number of ether oxygens (including phenoxy) is 1. The molecule has 0 saturated carbocycles. The van der Waals surface area contributed by atoms with Crippen LogP contribution >= 0.6 is 0 Å². The zero-order valence-electron chi connectivity index (χ0n) is 19.2. The molecule has 172 valence electrons. The molecule has 1 saturated heterocycles. The standard InChI is InChI=1S/C26H32N6O/c1-33-24-7-2-4-20(14-24)10-12-31-13-11-27-17-23(31)6-3-5-21-16-28-26-9-8-22(15-25(21)26)32-18-29-30-19-32/h2,4,7-9,14-16,18-19,23,27-28H,3,5-6,10-13,17H2,1H3. The van der Waals surface area contributed by atoms with Crippen molar-refractivity contribution >= 4 is 10.9 Å². The molecule has 0 spiro atoms. The molecular formula is C26H32N6O. The third kappa shape index (κ3) is 5.10. The third-order valence-corrected chi connectivity index (χ3v) is 6.75. The van der Waals surface area contributed by atoms with Crippen molar-refractivity contribution in [2.24, 2.45) is 0 Å². The van der Waals surface area contributed by atoms with Crippen LogP contribution in [0.4, 0.5) is 0 Å². The number of aryl methyl sites for hydroxylation is 1. The predicted octanol–water partition coefficient (Wildman–Crippen LogP) is 3.60. The monoisotopic (exact) mass is 444 g/mol. The Hall–Kier alpha value is -3.16. The lowest BCUT2D eigenvalue weighted by Crippen LogP contribution is -2.51. The normalized spacial score (nSPS) is 16.9. The lowest BCUT2D eigenvalue weighted by Gasteiger charge is -2.36. The fourth-order valence-corrected chi connectivity index (χ4v) is 4.88. The average molecular weight is 445 g/mol. The minimum Gasteiger partial charge on any atom is -0.497 e. The molecule has 1 atom stereocenters. The van der Waals surface area contributed by atoms with E-state index in [0.717, 1.165) is 50.5 Å². The van der Waals surface area contributed by atoms with Gasteiger partial charge in [0.2, 0.25) is 0 Å². The minimum absolute atomic E-state index is 0.585. The first-order chi connectivity index (χ1) is 16.3. The Kier molecular flexibility index (Phi) is 6.69. The van der Waals surface area contributed by atoms with E-state index in [2.05, 4.69) is 68.0 Å². The molecule has 1 aliphatic heterocycles. The van der Waals surface area contributed by atoms with Crippen molar-refractivity contribution in [3.63, 3.8) is 0 Å². The fourth-order valence-electron chi connectivity index (χ4n) is 4.88. The van der Waals surface area contributed by atoms with E-state index in [-0.39, 0.29) is 0 Å². The average Bonchev–Trinajstić information content (AvgIpc) is 3.54. The summed E-state index contributed by atoms with van der Waals surface area (Å²) in [6.45, 7) is 4.35. The number of nitrogens with one attached hydrogen (secondary N) is 2. The zero-order valence-corrected chi connectivity index (χ0v) is 19.2. The third-order valence-electron chi connectivity index (χ3n) is 6.75. The van der Waals surface area contributed by atoms with E-state index >= 15 is 0 Å². The van der Waals surface area contributed by atoms with Crippen LogP contribution in [0.3, 0.4) is 0 Å². The van der Waals surface area contributed by atoms with E-state index in [1.54, 1.807) is 19.8 Å². The molecule has 1 unspecified atom stereocenters. The lowest BCUT2D eigenvalue weighted by atomic mass is 10.0. The van der Waals surface area contributed by atoms with E-state index in [9.17, 15) is 0 Å². The summed E-state index contributed by atoms with van der Waals surface area (Å²) < 4.78 is 7.33. The molecule has 7 heteroatoms. The maximum atomic E-state index is 5.38. The number of nitrogens with zero attached hydrogens (tertiary/aromatic N) is 4. The lowest BCUT2D eigenvalue weighted by molar-refractivity contribution is 0.153. The quantitative estimate of drug-likeness (QED) is 0.413. The Morgan fingerprint density at radius 2 is 2.00 bits per heavy atom. The van der Waals surface area contributed by atoms with E-state index in [0.29, 0.717) is 6.04 Å². The molecule has 0 aliphatic carbocycles. The Bertz CT molecular complexity index is 1170. The zero-order chi connectivity index (χ0) is 22.5. The smallest absolute Gasteiger partial charge is 0.123 e.